The molecule has 0 aromatic heterocycles. The van der Waals surface area contributed by atoms with E-state index in [1.54, 1.807) is 0 Å². The number of aliphatic hydroxyl groups excluding tert-OH is 4. The van der Waals surface area contributed by atoms with Crippen molar-refractivity contribution in [3.8, 4) is 0 Å². The number of carbonyl (C=O) groups excluding carboxylic acids is 1. The maximum absolute atomic E-state index is 12.9. The Morgan fingerprint density at radius 1 is 0.393 bits per heavy atom. The van der Waals surface area contributed by atoms with Crippen molar-refractivity contribution in [1.82, 2.24) is 19.6 Å². The van der Waals surface area contributed by atoms with Gasteiger partial charge in [-0.25, -0.2) is 0 Å². The van der Waals surface area contributed by atoms with Crippen molar-refractivity contribution >= 4 is 27.6 Å². The van der Waals surface area contributed by atoms with Gasteiger partial charge in [0, 0.05) is 83.4 Å². The van der Waals surface area contributed by atoms with E-state index in [9.17, 15) is 25.2 Å². The summed E-state index contributed by atoms with van der Waals surface area (Å²) in [6.07, 6.45) is 59.6. The van der Waals surface area contributed by atoms with Gasteiger partial charge in [0.2, 0.25) is 0 Å². The molecule has 0 aromatic rings. The van der Waals surface area contributed by atoms with Gasteiger partial charge in [0.05, 0.1) is 24.4 Å². The molecule has 0 amide bonds. The van der Waals surface area contributed by atoms with Gasteiger partial charge in [0.15, 0.2) is 0 Å². The number of allylic oxidation sites excluding steroid dienone is 4. The first-order valence-electron chi connectivity index (χ1n) is 36.5. The predicted molar refractivity (Wildman–Crippen MR) is 370 cm³/mol. The second-order valence-corrected chi connectivity index (χ2v) is 28.3. The van der Waals surface area contributed by atoms with E-state index in [1.165, 1.54) is 180 Å². The van der Waals surface area contributed by atoms with Gasteiger partial charge in [-0.1, -0.05) is 253 Å². The summed E-state index contributed by atoms with van der Waals surface area (Å²) in [5.74, 6) is 2.07. The van der Waals surface area contributed by atoms with Gasteiger partial charge < -0.3 is 25.2 Å². The summed E-state index contributed by atoms with van der Waals surface area (Å²) in [4.78, 5) is 22.4. The Morgan fingerprint density at radius 3 is 1.07 bits per heavy atom. The molecule has 1 heterocycles. The Hall–Kier alpha value is -0.670. The molecular formula is C72H142N4O6S2. The van der Waals surface area contributed by atoms with Crippen LogP contribution in [-0.4, -0.2) is 167 Å². The summed E-state index contributed by atoms with van der Waals surface area (Å²) in [5, 5.41) is 44.2. The summed E-state index contributed by atoms with van der Waals surface area (Å²) in [5.41, 5.74) is 0. The fourth-order valence-electron chi connectivity index (χ4n) is 11.8. The topological polar surface area (TPSA) is 120 Å². The van der Waals surface area contributed by atoms with Crippen LogP contribution in [0.5, 0.6) is 0 Å². The number of carbonyl (C=O) groups is 1. The molecule has 0 spiro atoms. The highest BCUT2D eigenvalue weighted by atomic mass is 33.1. The molecule has 10 nitrogen and oxygen atoms in total. The van der Waals surface area contributed by atoms with E-state index < -0.39 is 12.2 Å². The van der Waals surface area contributed by atoms with Gasteiger partial charge in [0.25, 0.3) is 0 Å². The van der Waals surface area contributed by atoms with Gasteiger partial charge in [-0.15, -0.1) is 0 Å². The Morgan fingerprint density at radius 2 is 0.702 bits per heavy atom. The lowest BCUT2D eigenvalue weighted by Crippen LogP contribution is -2.47. The molecule has 4 atom stereocenters. The van der Waals surface area contributed by atoms with Crippen LogP contribution in [0.2, 0.25) is 0 Å². The summed E-state index contributed by atoms with van der Waals surface area (Å²) < 4.78 is 5.74. The molecule has 4 unspecified atom stereocenters. The van der Waals surface area contributed by atoms with Crippen LogP contribution in [0, 0.1) is 0 Å². The van der Waals surface area contributed by atoms with Gasteiger partial charge in [-0.05, 0) is 109 Å². The van der Waals surface area contributed by atoms with Gasteiger partial charge >= 0.3 is 5.97 Å². The Balaban J connectivity index is 2.39. The van der Waals surface area contributed by atoms with E-state index in [4.69, 9.17) is 4.74 Å². The van der Waals surface area contributed by atoms with Crippen molar-refractivity contribution in [1.29, 1.82) is 0 Å². The smallest absolute Gasteiger partial charge is 0.305 e. The number of esters is 1. The van der Waals surface area contributed by atoms with E-state index >= 15 is 0 Å². The van der Waals surface area contributed by atoms with Crippen molar-refractivity contribution < 1.29 is 30.0 Å². The molecule has 0 saturated carbocycles. The second kappa shape index (κ2) is 63.9. The summed E-state index contributed by atoms with van der Waals surface area (Å²) in [7, 11) is 3.94. The number of nitrogens with zero attached hydrogens (tertiary/aromatic N) is 4. The van der Waals surface area contributed by atoms with Gasteiger partial charge in [0.1, 0.15) is 6.61 Å². The lowest BCUT2D eigenvalue weighted by Gasteiger charge is -2.34. The highest BCUT2D eigenvalue weighted by Gasteiger charge is 2.20. The van der Waals surface area contributed by atoms with Crippen LogP contribution in [0.4, 0.5) is 0 Å². The Kier molecular flexibility index (Phi) is 61.9. The maximum Gasteiger partial charge on any atom is 0.305 e. The maximum atomic E-state index is 12.9. The van der Waals surface area contributed by atoms with Crippen LogP contribution in [0.3, 0.4) is 0 Å². The fraction of sp³-hybridized carbons (Fsp3) is 0.931. The lowest BCUT2D eigenvalue weighted by atomic mass is 10.1. The Labute approximate surface area is 529 Å². The van der Waals surface area contributed by atoms with Crippen molar-refractivity contribution in [2.75, 3.05) is 96.6 Å². The zero-order chi connectivity index (χ0) is 60.9. The molecule has 1 aliphatic rings. The minimum atomic E-state index is -0.399. The molecule has 0 bridgehead atoms. The number of hydrogen-bond donors (Lipinski definition) is 4. The molecule has 498 valence electrons. The second-order valence-electron chi connectivity index (χ2n) is 25.6. The van der Waals surface area contributed by atoms with Crippen LogP contribution < -0.4 is 0 Å². The molecule has 0 aliphatic carbocycles. The predicted octanol–water partition coefficient (Wildman–Crippen LogP) is 17.9. The molecule has 0 aromatic carbocycles. The van der Waals surface area contributed by atoms with Crippen molar-refractivity contribution in [3.63, 3.8) is 0 Å². The number of hydrogen-bond acceptors (Lipinski definition) is 12. The van der Waals surface area contributed by atoms with Crippen LogP contribution in [0.1, 0.15) is 310 Å². The zero-order valence-electron chi connectivity index (χ0n) is 56.0. The monoisotopic (exact) mass is 1220 g/mol. The van der Waals surface area contributed by atoms with Crippen LogP contribution in [0.15, 0.2) is 24.3 Å². The van der Waals surface area contributed by atoms with E-state index in [0.29, 0.717) is 39.2 Å². The molecule has 84 heavy (non-hydrogen) atoms. The first-order valence-corrected chi connectivity index (χ1v) is 39.0. The highest BCUT2D eigenvalue weighted by molar-refractivity contribution is 8.76. The number of rotatable bonds is 66. The molecule has 12 heteroatoms. The minimum Gasteiger partial charge on any atom is -0.464 e. The average molecular weight is 1220 g/mol. The van der Waals surface area contributed by atoms with Crippen molar-refractivity contribution in [2.45, 2.75) is 335 Å². The van der Waals surface area contributed by atoms with E-state index in [0.717, 1.165) is 160 Å². The highest BCUT2D eigenvalue weighted by Crippen LogP contribution is 2.23. The van der Waals surface area contributed by atoms with E-state index in [-0.39, 0.29) is 18.2 Å². The third kappa shape index (κ3) is 56.6. The number of ether oxygens (including phenoxy) is 1. The number of unbranched alkanes of at least 4 members (excludes halogenated alkanes) is 31. The third-order valence-electron chi connectivity index (χ3n) is 17.3. The minimum absolute atomic E-state index is 0.119. The molecule has 4 N–H and O–H groups in total. The molecule has 0 radical (unpaired) electrons. The first kappa shape index (κ1) is 81.3. The van der Waals surface area contributed by atoms with Crippen LogP contribution in [0.25, 0.3) is 0 Å². The fourth-order valence-corrected chi connectivity index (χ4v) is 13.9. The van der Waals surface area contributed by atoms with Crippen molar-refractivity contribution in [3.05, 3.63) is 24.3 Å². The standard InChI is InChI=1S/C72H142N4O6S2/c1-5-9-13-17-21-23-25-27-29-31-33-35-39-43-50-68(77)64-75(65-69(78)51-44-40-36-34-32-30-28-26-24-22-18-14-10-6-2)53-46-45-52-72(81)82-61-59-73-55-57-74(58-56-73)60-63-84-83-62-47-54-76(66-70(79)48-41-37-19-15-11-7-3)67-71(80)49-42-38-20-16-12-8-4/h27-30,68-71,77-80H,5-26,31-67H2,1-4H3/b29-27-,30-28-. The summed E-state index contributed by atoms with van der Waals surface area (Å²) in [6, 6.07) is 0. The lowest BCUT2D eigenvalue weighted by molar-refractivity contribution is -0.144. The molecule has 1 fully saturated rings. The van der Waals surface area contributed by atoms with Gasteiger partial charge in [-0.2, -0.15) is 0 Å². The largest absolute Gasteiger partial charge is 0.464 e. The average Bonchev–Trinajstić information content (AvgIpc) is 3.51. The van der Waals surface area contributed by atoms with Crippen LogP contribution in [-0.2, 0) is 9.53 Å². The third-order valence-corrected chi connectivity index (χ3v) is 19.7. The summed E-state index contributed by atoms with van der Waals surface area (Å²) >= 11 is 0. The van der Waals surface area contributed by atoms with Crippen molar-refractivity contribution in [2.24, 2.45) is 0 Å². The normalized spacial score (nSPS) is 15.2. The number of aliphatic hydroxyl groups is 4. The molecule has 1 saturated heterocycles. The molecule has 1 rings (SSSR count). The first-order chi connectivity index (χ1) is 41.2. The SMILES string of the molecule is CCCCCCCC/C=C\CCCCCCC(O)CN(CCCCC(=O)OCCN1CCN(CCSSCCCN(CC(O)CCCCCCCC)CC(O)CCCCCCCC)CC1)CC(O)CCCCCC/C=C\CCCCCCCC. The van der Waals surface area contributed by atoms with E-state index in [2.05, 4.69) is 71.6 Å². The van der Waals surface area contributed by atoms with Gasteiger partial charge in [-0.3, -0.25) is 24.4 Å². The Bertz CT molecular complexity index is 1340. The summed E-state index contributed by atoms with van der Waals surface area (Å²) in [6.45, 7) is 19.7. The quantitative estimate of drug-likeness (QED) is 0.0201. The zero-order valence-corrected chi connectivity index (χ0v) is 57.7. The number of piperazine rings is 1. The van der Waals surface area contributed by atoms with E-state index in [1.807, 2.05) is 21.6 Å². The molecular weight excluding hydrogens is 1080 g/mol. The molecule has 1 aliphatic heterocycles. The van der Waals surface area contributed by atoms with Crippen LogP contribution >= 0.6 is 21.6 Å².